The molecule has 2 nitrogen and oxygen atoms in total. The minimum Gasteiger partial charge on any atom is -0.353 e. The smallest absolute Gasteiger partial charge is 0.157 e. The average molecular weight is 228 g/mol. The minimum absolute atomic E-state index is 0.105. The molecule has 0 aromatic carbocycles. The summed E-state index contributed by atoms with van der Waals surface area (Å²) < 4.78 is 11.2. The number of unbranched alkanes of at least 4 members (excludes halogenated alkanes) is 6. The molecule has 0 saturated carbocycles. The molecular formula is C14H28O2. The SMILES string of the molecule is CCCCCCCCCOC1CCCCO1. The number of hydrogen-bond donors (Lipinski definition) is 0. The molecule has 1 unspecified atom stereocenters. The minimum atomic E-state index is 0.105. The quantitative estimate of drug-likeness (QED) is 0.548. The summed E-state index contributed by atoms with van der Waals surface area (Å²) in [5.74, 6) is 0. The van der Waals surface area contributed by atoms with Crippen LogP contribution in [0.4, 0.5) is 0 Å². The standard InChI is InChI=1S/C14H28O2/c1-2-3-4-5-6-7-9-12-15-14-11-8-10-13-16-14/h14H,2-13H2,1H3. The highest BCUT2D eigenvalue weighted by atomic mass is 16.7. The van der Waals surface area contributed by atoms with Gasteiger partial charge in [0.15, 0.2) is 6.29 Å². The monoisotopic (exact) mass is 228 g/mol. The summed E-state index contributed by atoms with van der Waals surface area (Å²) in [6.07, 6.45) is 13.1. The van der Waals surface area contributed by atoms with Gasteiger partial charge < -0.3 is 9.47 Å². The first kappa shape index (κ1) is 14.0. The molecule has 1 saturated heterocycles. The van der Waals surface area contributed by atoms with Crippen molar-refractivity contribution in [1.29, 1.82) is 0 Å². The molecule has 1 heterocycles. The van der Waals surface area contributed by atoms with Gasteiger partial charge >= 0.3 is 0 Å². The van der Waals surface area contributed by atoms with Gasteiger partial charge in [-0.3, -0.25) is 0 Å². The van der Waals surface area contributed by atoms with Gasteiger partial charge in [-0.2, -0.15) is 0 Å². The van der Waals surface area contributed by atoms with Crippen LogP contribution in [0.25, 0.3) is 0 Å². The molecule has 1 aliphatic rings. The summed E-state index contributed by atoms with van der Waals surface area (Å²) >= 11 is 0. The van der Waals surface area contributed by atoms with Crippen molar-refractivity contribution in [3.05, 3.63) is 0 Å². The Morgan fingerprint density at radius 3 is 2.44 bits per heavy atom. The van der Waals surface area contributed by atoms with Gasteiger partial charge in [0.1, 0.15) is 0 Å². The Labute approximate surface area is 101 Å². The molecule has 1 atom stereocenters. The van der Waals surface area contributed by atoms with Crippen LogP contribution in [0.2, 0.25) is 0 Å². The maximum atomic E-state index is 5.69. The molecule has 0 N–H and O–H groups in total. The van der Waals surface area contributed by atoms with Crippen molar-refractivity contribution in [2.24, 2.45) is 0 Å². The summed E-state index contributed by atoms with van der Waals surface area (Å²) in [4.78, 5) is 0. The normalized spacial score (nSPS) is 21.2. The zero-order valence-corrected chi connectivity index (χ0v) is 10.9. The van der Waals surface area contributed by atoms with E-state index in [4.69, 9.17) is 9.47 Å². The molecule has 0 spiro atoms. The summed E-state index contributed by atoms with van der Waals surface area (Å²) in [5.41, 5.74) is 0. The topological polar surface area (TPSA) is 18.5 Å². The Balaban J connectivity index is 1.77. The van der Waals surface area contributed by atoms with Crippen LogP contribution in [0.1, 0.15) is 71.1 Å². The summed E-state index contributed by atoms with van der Waals surface area (Å²) in [5, 5.41) is 0. The van der Waals surface area contributed by atoms with Crippen LogP contribution >= 0.6 is 0 Å². The van der Waals surface area contributed by atoms with E-state index in [0.29, 0.717) is 0 Å². The van der Waals surface area contributed by atoms with Crippen LogP contribution in [0.3, 0.4) is 0 Å². The van der Waals surface area contributed by atoms with Gasteiger partial charge in [0.2, 0.25) is 0 Å². The Morgan fingerprint density at radius 1 is 1.00 bits per heavy atom. The van der Waals surface area contributed by atoms with E-state index in [-0.39, 0.29) is 6.29 Å². The van der Waals surface area contributed by atoms with Gasteiger partial charge in [-0.25, -0.2) is 0 Å². The Hall–Kier alpha value is -0.0800. The first-order valence-corrected chi connectivity index (χ1v) is 7.16. The van der Waals surface area contributed by atoms with E-state index < -0.39 is 0 Å². The van der Waals surface area contributed by atoms with Gasteiger partial charge in [-0.05, 0) is 25.7 Å². The van der Waals surface area contributed by atoms with Crippen molar-refractivity contribution in [3.8, 4) is 0 Å². The van der Waals surface area contributed by atoms with Gasteiger partial charge in [0, 0.05) is 13.2 Å². The molecule has 1 rings (SSSR count). The van der Waals surface area contributed by atoms with Crippen LogP contribution in [-0.4, -0.2) is 19.5 Å². The number of ether oxygens (including phenoxy) is 2. The van der Waals surface area contributed by atoms with Crippen molar-refractivity contribution in [2.45, 2.75) is 77.4 Å². The van der Waals surface area contributed by atoms with Crippen LogP contribution < -0.4 is 0 Å². The molecule has 2 heteroatoms. The van der Waals surface area contributed by atoms with Gasteiger partial charge in [-0.15, -0.1) is 0 Å². The second-order valence-corrected chi connectivity index (χ2v) is 4.79. The van der Waals surface area contributed by atoms with E-state index in [1.165, 1.54) is 57.8 Å². The second kappa shape index (κ2) is 10.1. The second-order valence-electron chi connectivity index (χ2n) is 4.79. The lowest BCUT2D eigenvalue weighted by atomic mass is 10.1. The van der Waals surface area contributed by atoms with E-state index in [0.717, 1.165) is 19.6 Å². The molecule has 0 aromatic heterocycles. The Bertz CT molecular complexity index is 142. The Morgan fingerprint density at radius 2 is 1.75 bits per heavy atom. The Kier molecular flexibility index (Phi) is 8.83. The van der Waals surface area contributed by atoms with Crippen molar-refractivity contribution >= 4 is 0 Å². The van der Waals surface area contributed by atoms with E-state index in [1.54, 1.807) is 0 Å². The van der Waals surface area contributed by atoms with Gasteiger partial charge in [0.05, 0.1) is 0 Å². The number of rotatable bonds is 9. The summed E-state index contributed by atoms with van der Waals surface area (Å²) in [6, 6.07) is 0. The molecular weight excluding hydrogens is 200 g/mol. The maximum absolute atomic E-state index is 5.69. The molecule has 1 aliphatic heterocycles. The van der Waals surface area contributed by atoms with Crippen LogP contribution in [0.5, 0.6) is 0 Å². The molecule has 0 aromatic rings. The van der Waals surface area contributed by atoms with Crippen LogP contribution in [0, 0.1) is 0 Å². The summed E-state index contributed by atoms with van der Waals surface area (Å²) in [6.45, 7) is 4.04. The lowest BCUT2D eigenvalue weighted by Crippen LogP contribution is -2.22. The van der Waals surface area contributed by atoms with Crippen LogP contribution in [-0.2, 0) is 9.47 Å². The zero-order chi connectivity index (χ0) is 11.5. The average Bonchev–Trinajstić information content (AvgIpc) is 2.34. The fourth-order valence-corrected chi connectivity index (χ4v) is 2.12. The van der Waals surface area contributed by atoms with E-state index in [9.17, 15) is 0 Å². The first-order chi connectivity index (χ1) is 7.93. The third-order valence-electron chi connectivity index (χ3n) is 3.19. The predicted molar refractivity (Wildman–Crippen MR) is 67.5 cm³/mol. The van der Waals surface area contributed by atoms with Crippen molar-refractivity contribution in [2.75, 3.05) is 13.2 Å². The molecule has 0 bridgehead atoms. The molecule has 96 valence electrons. The highest BCUT2D eigenvalue weighted by molar-refractivity contribution is 4.54. The molecule has 0 radical (unpaired) electrons. The highest BCUT2D eigenvalue weighted by Gasteiger charge is 2.12. The van der Waals surface area contributed by atoms with E-state index >= 15 is 0 Å². The molecule has 1 fully saturated rings. The predicted octanol–water partition coefficient (Wildman–Crippen LogP) is 4.28. The summed E-state index contributed by atoms with van der Waals surface area (Å²) in [7, 11) is 0. The maximum Gasteiger partial charge on any atom is 0.157 e. The third-order valence-corrected chi connectivity index (χ3v) is 3.19. The van der Waals surface area contributed by atoms with Crippen molar-refractivity contribution in [1.82, 2.24) is 0 Å². The molecule has 16 heavy (non-hydrogen) atoms. The fourth-order valence-electron chi connectivity index (χ4n) is 2.12. The van der Waals surface area contributed by atoms with Gasteiger partial charge in [0.25, 0.3) is 0 Å². The number of hydrogen-bond acceptors (Lipinski definition) is 2. The molecule has 0 aliphatic carbocycles. The van der Waals surface area contributed by atoms with Gasteiger partial charge in [-0.1, -0.05) is 45.4 Å². The highest BCUT2D eigenvalue weighted by Crippen LogP contribution is 2.14. The third kappa shape index (κ3) is 7.24. The largest absolute Gasteiger partial charge is 0.353 e. The fraction of sp³-hybridized carbons (Fsp3) is 1.00. The zero-order valence-electron chi connectivity index (χ0n) is 10.9. The first-order valence-electron chi connectivity index (χ1n) is 7.16. The van der Waals surface area contributed by atoms with Crippen molar-refractivity contribution < 1.29 is 9.47 Å². The lowest BCUT2D eigenvalue weighted by Gasteiger charge is -2.22. The lowest BCUT2D eigenvalue weighted by molar-refractivity contribution is -0.162. The van der Waals surface area contributed by atoms with E-state index in [2.05, 4.69) is 6.92 Å². The molecule has 0 amide bonds. The van der Waals surface area contributed by atoms with Crippen LogP contribution in [0.15, 0.2) is 0 Å². The van der Waals surface area contributed by atoms with Crippen molar-refractivity contribution in [3.63, 3.8) is 0 Å². The van der Waals surface area contributed by atoms with E-state index in [1.807, 2.05) is 0 Å².